The van der Waals surface area contributed by atoms with Crippen molar-refractivity contribution in [3.63, 3.8) is 0 Å². The quantitative estimate of drug-likeness (QED) is 0.736. The highest BCUT2D eigenvalue weighted by Gasteiger charge is 2.29. The normalized spacial score (nSPS) is 17.9. The molecule has 104 valence electrons. The first kappa shape index (κ1) is 13.9. The molecule has 1 atom stereocenters. The van der Waals surface area contributed by atoms with Crippen molar-refractivity contribution >= 4 is 40.4 Å². The highest BCUT2D eigenvalue weighted by molar-refractivity contribution is 7.10. The van der Waals surface area contributed by atoms with E-state index in [2.05, 4.69) is 18.4 Å². The van der Waals surface area contributed by atoms with E-state index in [-0.39, 0.29) is 11.9 Å². The Bertz CT molecular complexity index is 668. The lowest BCUT2D eigenvalue weighted by Crippen LogP contribution is -2.38. The monoisotopic (exact) mass is 325 g/mol. The lowest BCUT2D eigenvalue weighted by atomic mass is 10.0. The molecule has 2 aromatic rings. The van der Waals surface area contributed by atoms with E-state index in [4.69, 9.17) is 23.2 Å². The summed E-state index contributed by atoms with van der Waals surface area (Å²) in [5, 5.41) is 2.97. The zero-order chi connectivity index (χ0) is 14.3. The Kier molecular flexibility index (Phi) is 3.76. The van der Waals surface area contributed by atoms with E-state index in [1.165, 1.54) is 10.4 Å². The van der Waals surface area contributed by atoms with Crippen LogP contribution in [0, 0.1) is 0 Å². The second-order valence-corrected chi connectivity index (χ2v) is 6.67. The summed E-state index contributed by atoms with van der Waals surface area (Å²) in [6.45, 7) is 2.81. The Hall–Kier alpha value is -1.03. The van der Waals surface area contributed by atoms with Gasteiger partial charge in [-0.3, -0.25) is 4.79 Å². The van der Waals surface area contributed by atoms with Crippen LogP contribution in [-0.2, 0) is 6.42 Å². The average Bonchev–Trinajstić information content (AvgIpc) is 2.91. The first-order chi connectivity index (χ1) is 9.58. The fraction of sp³-hybridized carbons (Fsp3) is 0.267. The number of hydrogen-bond acceptors (Lipinski definition) is 2. The van der Waals surface area contributed by atoms with E-state index in [0.717, 1.165) is 13.0 Å². The minimum atomic E-state index is 0.00733. The van der Waals surface area contributed by atoms with Gasteiger partial charge in [0, 0.05) is 17.0 Å². The van der Waals surface area contributed by atoms with E-state index in [9.17, 15) is 4.79 Å². The molecular formula is C15H13Cl2NOS. The van der Waals surface area contributed by atoms with Gasteiger partial charge in [0.05, 0.1) is 16.1 Å². The molecule has 1 aliphatic rings. The van der Waals surface area contributed by atoms with Crippen molar-refractivity contribution in [2.75, 3.05) is 6.54 Å². The molecule has 0 bridgehead atoms. The van der Waals surface area contributed by atoms with E-state index < -0.39 is 0 Å². The lowest BCUT2D eigenvalue weighted by molar-refractivity contribution is 0.0679. The maximum atomic E-state index is 12.6. The molecule has 3 rings (SSSR count). The smallest absolute Gasteiger partial charge is 0.254 e. The molecule has 0 saturated carbocycles. The molecule has 1 aliphatic heterocycles. The van der Waals surface area contributed by atoms with Gasteiger partial charge >= 0.3 is 0 Å². The molecule has 1 aromatic carbocycles. The maximum absolute atomic E-state index is 12.6. The third kappa shape index (κ3) is 2.34. The van der Waals surface area contributed by atoms with E-state index >= 15 is 0 Å². The fourth-order valence-electron chi connectivity index (χ4n) is 2.58. The maximum Gasteiger partial charge on any atom is 0.254 e. The molecule has 2 nitrogen and oxygen atoms in total. The molecule has 0 N–H and O–H groups in total. The van der Waals surface area contributed by atoms with Gasteiger partial charge in [-0.05, 0) is 48.6 Å². The summed E-state index contributed by atoms with van der Waals surface area (Å²) >= 11 is 13.7. The van der Waals surface area contributed by atoms with E-state index in [0.29, 0.717) is 15.6 Å². The van der Waals surface area contributed by atoms with Crippen LogP contribution in [0.5, 0.6) is 0 Å². The molecular weight excluding hydrogens is 313 g/mol. The van der Waals surface area contributed by atoms with E-state index in [1.807, 2.05) is 4.90 Å². The van der Waals surface area contributed by atoms with Gasteiger partial charge in [0.2, 0.25) is 0 Å². The SMILES string of the molecule is C[C@H]1c2ccsc2CCN1C(=O)c1ccc(Cl)c(Cl)c1. The Morgan fingerprint density at radius 3 is 2.85 bits per heavy atom. The number of carbonyl (C=O) groups excluding carboxylic acids is 1. The van der Waals surface area contributed by atoms with Crippen LogP contribution in [-0.4, -0.2) is 17.4 Å². The molecule has 0 fully saturated rings. The summed E-state index contributed by atoms with van der Waals surface area (Å²) in [5.74, 6) is 0.00733. The van der Waals surface area contributed by atoms with Gasteiger partial charge in [-0.25, -0.2) is 0 Å². The van der Waals surface area contributed by atoms with Crippen molar-refractivity contribution in [3.05, 3.63) is 55.7 Å². The molecule has 1 amide bonds. The molecule has 5 heteroatoms. The molecule has 0 radical (unpaired) electrons. The first-order valence-corrected chi connectivity index (χ1v) is 8.04. The molecule has 0 spiro atoms. The fourth-order valence-corrected chi connectivity index (χ4v) is 3.84. The minimum absolute atomic E-state index is 0.00733. The highest BCUT2D eigenvalue weighted by atomic mass is 35.5. The number of amides is 1. The second-order valence-electron chi connectivity index (χ2n) is 4.85. The van der Waals surface area contributed by atoms with Crippen molar-refractivity contribution in [3.8, 4) is 0 Å². The van der Waals surface area contributed by atoms with Crippen LogP contribution < -0.4 is 0 Å². The van der Waals surface area contributed by atoms with Gasteiger partial charge in [-0.1, -0.05) is 23.2 Å². The number of carbonyl (C=O) groups is 1. The number of rotatable bonds is 1. The second kappa shape index (κ2) is 5.40. The summed E-state index contributed by atoms with van der Waals surface area (Å²) in [6.07, 6.45) is 0.921. The van der Waals surface area contributed by atoms with Gasteiger partial charge in [0.1, 0.15) is 0 Å². The molecule has 20 heavy (non-hydrogen) atoms. The number of benzene rings is 1. The third-order valence-electron chi connectivity index (χ3n) is 3.70. The zero-order valence-corrected chi connectivity index (χ0v) is 13.2. The van der Waals surface area contributed by atoms with Crippen LogP contribution in [0.25, 0.3) is 0 Å². The Morgan fingerprint density at radius 1 is 1.30 bits per heavy atom. The summed E-state index contributed by atoms with van der Waals surface area (Å²) in [5.41, 5.74) is 1.85. The Balaban J connectivity index is 1.90. The number of halogens is 2. The summed E-state index contributed by atoms with van der Waals surface area (Å²) in [7, 11) is 0. The predicted molar refractivity (Wildman–Crippen MR) is 83.9 cm³/mol. The van der Waals surface area contributed by atoms with Crippen LogP contribution >= 0.6 is 34.5 Å². The van der Waals surface area contributed by atoms with Crippen LogP contribution in [0.2, 0.25) is 10.0 Å². The average molecular weight is 326 g/mol. The van der Waals surface area contributed by atoms with Crippen molar-refractivity contribution in [2.45, 2.75) is 19.4 Å². The lowest BCUT2D eigenvalue weighted by Gasteiger charge is -2.33. The van der Waals surface area contributed by atoms with Crippen molar-refractivity contribution < 1.29 is 4.79 Å². The van der Waals surface area contributed by atoms with Crippen molar-refractivity contribution in [1.82, 2.24) is 4.90 Å². The highest BCUT2D eigenvalue weighted by Crippen LogP contribution is 2.34. The van der Waals surface area contributed by atoms with Crippen LogP contribution in [0.1, 0.15) is 33.8 Å². The Morgan fingerprint density at radius 2 is 2.10 bits per heavy atom. The van der Waals surface area contributed by atoms with Gasteiger partial charge in [-0.2, -0.15) is 0 Å². The van der Waals surface area contributed by atoms with Crippen molar-refractivity contribution in [1.29, 1.82) is 0 Å². The standard InChI is InChI=1S/C15H13Cl2NOS/c1-9-11-5-7-20-14(11)4-6-18(9)15(19)10-2-3-12(16)13(17)8-10/h2-3,5,7-9H,4,6H2,1H3/t9-/m0/s1. The Labute approximate surface area is 131 Å². The van der Waals surface area contributed by atoms with Crippen LogP contribution in [0.4, 0.5) is 0 Å². The predicted octanol–water partition coefficient (Wildman–Crippen LogP) is 4.81. The molecule has 0 aliphatic carbocycles. The largest absolute Gasteiger partial charge is 0.331 e. The van der Waals surface area contributed by atoms with Gasteiger partial charge in [-0.15, -0.1) is 11.3 Å². The first-order valence-electron chi connectivity index (χ1n) is 6.40. The minimum Gasteiger partial charge on any atom is -0.331 e. The molecule has 1 aromatic heterocycles. The van der Waals surface area contributed by atoms with E-state index in [1.54, 1.807) is 29.5 Å². The molecule has 2 heterocycles. The van der Waals surface area contributed by atoms with Gasteiger partial charge < -0.3 is 4.90 Å². The number of thiophene rings is 1. The summed E-state index contributed by atoms with van der Waals surface area (Å²) < 4.78 is 0. The number of hydrogen-bond donors (Lipinski definition) is 0. The number of nitrogens with zero attached hydrogens (tertiary/aromatic N) is 1. The van der Waals surface area contributed by atoms with Crippen LogP contribution in [0.15, 0.2) is 29.6 Å². The topological polar surface area (TPSA) is 20.3 Å². The van der Waals surface area contributed by atoms with Gasteiger partial charge in [0.15, 0.2) is 0 Å². The summed E-state index contributed by atoms with van der Waals surface area (Å²) in [4.78, 5) is 15.9. The van der Waals surface area contributed by atoms with Gasteiger partial charge in [0.25, 0.3) is 5.91 Å². The molecule has 0 unspecified atom stereocenters. The number of fused-ring (bicyclic) bond motifs is 1. The van der Waals surface area contributed by atoms with Crippen molar-refractivity contribution in [2.24, 2.45) is 0 Å². The van der Waals surface area contributed by atoms with Crippen LogP contribution in [0.3, 0.4) is 0 Å². The third-order valence-corrected chi connectivity index (χ3v) is 5.44. The zero-order valence-electron chi connectivity index (χ0n) is 10.9. The molecule has 0 saturated heterocycles. The summed E-state index contributed by atoms with van der Waals surface area (Å²) in [6, 6.07) is 7.25.